The van der Waals surface area contributed by atoms with Gasteiger partial charge in [-0.3, -0.25) is 4.98 Å². The van der Waals surface area contributed by atoms with Gasteiger partial charge < -0.3 is 0 Å². The maximum atomic E-state index is 10.8. The SMILES string of the molecule is Cc1ccccc1Cc1n[nH]c(=O)[nH]1. The summed E-state index contributed by atoms with van der Waals surface area (Å²) in [6, 6.07) is 8.04. The third-order valence-corrected chi connectivity index (χ3v) is 2.17. The standard InChI is InChI=1S/C10H11N3O/c1-7-4-2-3-5-8(7)6-9-11-10(14)13-12-9/h2-5H,6H2,1H3,(H2,11,12,13,14). The van der Waals surface area contributed by atoms with Gasteiger partial charge in [0.25, 0.3) is 0 Å². The largest absolute Gasteiger partial charge is 0.340 e. The van der Waals surface area contributed by atoms with E-state index in [1.165, 1.54) is 11.1 Å². The fraction of sp³-hybridized carbons (Fsp3) is 0.200. The highest BCUT2D eigenvalue weighted by molar-refractivity contribution is 5.27. The third-order valence-electron chi connectivity index (χ3n) is 2.17. The maximum absolute atomic E-state index is 10.8. The molecule has 0 spiro atoms. The Kier molecular flexibility index (Phi) is 2.18. The van der Waals surface area contributed by atoms with Crippen molar-refractivity contribution in [3.05, 3.63) is 51.7 Å². The second-order valence-corrected chi connectivity index (χ2v) is 3.23. The summed E-state index contributed by atoms with van der Waals surface area (Å²) in [5.41, 5.74) is 2.13. The summed E-state index contributed by atoms with van der Waals surface area (Å²) >= 11 is 0. The van der Waals surface area contributed by atoms with Crippen molar-refractivity contribution in [3.8, 4) is 0 Å². The van der Waals surface area contributed by atoms with Crippen LogP contribution in [-0.2, 0) is 6.42 Å². The lowest BCUT2D eigenvalue weighted by atomic mass is 10.1. The number of H-pyrrole nitrogens is 2. The zero-order chi connectivity index (χ0) is 9.97. The number of aromatic amines is 2. The number of benzene rings is 1. The topological polar surface area (TPSA) is 61.5 Å². The quantitative estimate of drug-likeness (QED) is 0.740. The van der Waals surface area contributed by atoms with Gasteiger partial charge in [-0.15, -0.1) is 0 Å². The van der Waals surface area contributed by atoms with E-state index in [-0.39, 0.29) is 5.69 Å². The van der Waals surface area contributed by atoms with E-state index in [0.717, 1.165) is 0 Å². The van der Waals surface area contributed by atoms with Crippen LogP contribution in [0.15, 0.2) is 29.1 Å². The summed E-state index contributed by atoms with van der Waals surface area (Å²) in [5, 5.41) is 6.21. The van der Waals surface area contributed by atoms with Crippen LogP contribution in [0.25, 0.3) is 0 Å². The van der Waals surface area contributed by atoms with Gasteiger partial charge in [-0.2, -0.15) is 5.10 Å². The monoisotopic (exact) mass is 189 g/mol. The minimum Gasteiger partial charge on any atom is -0.293 e. The van der Waals surface area contributed by atoms with Gasteiger partial charge in [0.05, 0.1) is 0 Å². The summed E-state index contributed by atoms with van der Waals surface area (Å²) in [4.78, 5) is 13.4. The Labute approximate surface area is 81.0 Å². The van der Waals surface area contributed by atoms with E-state index in [9.17, 15) is 4.79 Å². The van der Waals surface area contributed by atoms with Crippen molar-refractivity contribution in [1.29, 1.82) is 0 Å². The predicted molar refractivity (Wildman–Crippen MR) is 53.2 cm³/mol. The van der Waals surface area contributed by atoms with Crippen molar-refractivity contribution < 1.29 is 0 Å². The normalized spacial score (nSPS) is 10.4. The molecule has 1 aromatic heterocycles. The molecule has 2 N–H and O–H groups in total. The van der Waals surface area contributed by atoms with E-state index >= 15 is 0 Å². The number of aromatic nitrogens is 3. The minimum absolute atomic E-state index is 0.256. The first-order valence-electron chi connectivity index (χ1n) is 4.44. The molecule has 4 nitrogen and oxygen atoms in total. The second-order valence-electron chi connectivity index (χ2n) is 3.23. The smallest absolute Gasteiger partial charge is 0.293 e. The number of hydrogen-bond donors (Lipinski definition) is 2. The van der Waals surface area contributed by atoms with Crippen LogP contribution in [0, 0.1) is 6.92 Å². The van der Waals surface area contributed by atoms with Crippen molar-refractivity contribution in [2.45, 2.75) is 13.3 Å². The fourth-order valence-corrected chi connectivity index (χ4v) is 1.38. The highest BCUT2D eigenvalue weighted by Gasteiger charge is 2.01. The molecule has 0 radical (unpaired) electrons. The van der Waals surface area contributed by atoms with Crippen LogP contribution in [0.1, 0.15) is 17.0 Å². The maximum Gasteiger partial charge on any atom is 0.340 e. The molecule has 0 fully saturated rings. The molecular weight excluding hydrogens is 178 g/mol. The summed E-state index contributed by atoms with van der Waals surface area (Å²) in [6.07, 6.45) is 0.658. The number of nitrogens with zero attached hydrogens (tertiary/aromatic N) is 1. The molecule has 14 heavy (non-hydrogen) atoms. The van der Waals surface area contributed by atoms with Gasteiger partial charge in [0, 0.05) is 6.42 Å². The Morgan fingerprint density at radius 3 is 2.79 bits per heavy atom. The van der Waals surface area contributed by atoms with E-state index in [1.54, 1.807) is 0 Å². The Bertz CT molecular complexity index is 484. The molecule has 0 saturated heterocycles. The van der Waals surface area contributed by atoms with Gasteiger partial charge >= 0.3 is 5.69 Å². The molecule has 0 unspecified atom stereocenters. The van der Waals surface area contributed by atoms with E-state index in [2.05, 4.69) is 15.2 Å². The van der Waals surface area contributed by atoms with Crippen molar-refractivity contribution in [1.82, 2.24) is 15.2 Å². The molecule has 1 aromatic carbocycles. The zero-order valence-electron chi connectivity index (χ0n) is 7.87. The molecule has 0 atom stereocenters. The molecule has 0 aliphatic heterocycles. The van der Waals surface area contributed by atoms with Crippen LogP contribution < -0.4 is 5.69 Å². The van der Waals surface area contributed by atoms with Crippen molar-refractivity contribution >= 4 is 0 Å². The highest BCUT2D eigenvalue weighted by atomic mass is 16.1. The Morgan fingerprint density at radius 2 is 2.14 bits per heavy atom. The molecule has 2 aromatic rings. The van der Waals surface area contributed by atoms with Crippen LogP contribution in [-0.4, -0.2) is 15.2 Å². The molecule has 1 heterocycles. The first kappa shape index (κ1) is 8.74. The lowest BCUT2D eigenvalue weighted by molar-refractivity contribution is 0.964. The lowest BCUT2D eigenvalue weighted by Gasteiger charge is -2.01. The number of hydrogen-bond acceptors (Lipinski definition) is 2. The van der Waals surface area contributed by atoms with Crippen LogP contribution in [0.5, 0.6) is 0 Å². The molecule has 0 amide bonds. The molecule has 0 aliphatic rings. The van der Waals surface area contributed by atoms with Gasteiger partial charge in [0.1, 0.15) is 5.82 Å². The molecule has 2 rings (SSSR count). The van der Waals surface area contributed by atoms with Crippen LogP contribution in [0.4, 0.5) is 0 Å². The molecule has 0 aliphatic carbocycles. The first-order valence-corrected chi connectivity index (χ1v) is 4.44. The van der Waals surface area contributed by atoms with Crippen molar-refractivity contribution in [2.24, 2.45) is 0 Å². The highest BCUT2D eigenvalue weighted by Crippen LogP contribution is 2.09. The molecule has 0 saturated carbocycles. The molecule has 72 valence electrons. The van der Waals surface area contributed by atoms with Gasteiger partial charge in [-0.1, -0.05) is 24.3 Å². The summed E-state index contributed by atoms with van der Waals surface area (Å²) in [6.45, 7) is 2.04. The Hall–Kier alpha value is -1.84. The Balaban J connectivity index is 2.27. The lowest BCUT2D eigenvalue weighted by Crippen LogP contribution is -2.01. The molecule has 4 heteroatoms. The number of rotatable bonds is 2. The Morgan fingerprint density at radius 1 is 1.36 bits per heavy atom. The minimum atomic E-state index is -0.256. The van der Waals surface area contributed by atoms with Gasteiger partial charge in [0.2, 0.25) is 0 Å². The molecular formula is C10H11N3O. The number of aryl methyl sites for hydroxylation is 1. The van der Waals surface area contributed by atoms with Crippen LogP contribution in [0.3, 0.4) is 0 Å². The second kappa shape index (κ2) is 3.49. The third kappa shape index (κ3) is 1.74. The van der Waals surface area contributed by atoms with Crippen molar-refractivity contribution in [3.63, 3.8) is 0 Å². The summed E-state index contributed by atoms with van der Waals surface area (Å²) in [5.74, 6) is 0.671. The van der Waals surface area contributed by atoms with E-state index in [4.69, 9.17) is 0 Å². The number of nitrogens with one attached hydrogen (secondary N) is 2. The van der Waals surface area contributed by atoms with Gasteiger partial charge in [-0.25, -0.2) is 9.89 Å². The average molecular weight is 189 g/mol. The van der Waals surface area contributed by atoms with Crippen LogP contribution in [0.2, 0.25) is 0 Å². The predicted octanol–water partition coefficient (Wildman–Crippen LogP) is 0.997. The van der Waals surface area contributed by atoms with E-state index in [1.807, 2.05) is 31.2 Å². The van der Waals surface area contributed by atoms with Gasteiger partial charge in [-0.05, 0) is 18.1 Å². The first-order chi connectivity index (χ1) is 6.75. The van der Waals surface area contributed by atoms with E-state index in [0.29, 0.717) is 12.2 Å². The average Bonchev–Trinajstić information content (AvgIpc) is 2.56. The summed E-state index contributed by atoms with van der Waals surface area (Å²) in [7, 11) is 0. The summed E-state index contributed by atoms with van der Waals surface area (Å²) < 4.78 is 0. The van der Waals surface area contributed by atoms with Crippen molar-refractivity contribution in [2.75, 3.05) is 0 Å². The molecule has 0 bridgehead atoms. The zero-order valence-corrected chi connectivity index (χ0v) is 7.87. The van der Waals surface area contributed by atoms with Crippen LogP contribution >= 0.6 is 0 Å². The van der Waals surface area contributed by atoms with Gasteiger partial charge in [0.15, 0.2) is 0 Å². The van der Waals surface area contributed by atoms with E-state index < -0.39 is 0 Å². The fourth-order valence-electron chi connectivity index (χ4n) is 1.38.